The molecule has 1 N–H and O–H groups in total. The number of anilines is 1. The molecule has 0 radical (unpaired) electrons. The zero-order valence-electron chi connectivity index (χ0n) is 11.6. The molecule has 0 atom stereocenters. The van der Waals surface area contributed by atoms with Gasteiger partial charge in [0.05, 0.1) is 0 Å². The molecule has 3 aromatic carbocycles. The predicted molar refractivity (Wildman–Crippen MR) is 93.3 cm³/mol. The Bertz CT molecular complexity index is 705. The van der Waals surface area contributed by atoms with E-state index in [1.807, 2.05) is 12.1 Å². The smallest absolute Gasteiger partial charge is 0.0411 e. The highest BCUT2D eigenvalue weighted by Crippen LogP contribution is 2.22. The van der Waals surface area contributed by atoms with Crippen LogP contribution in [-0.2, 0) is 6.54 Å². The largest absolute Gasteiger partial charge is 0.381 e. The summed E-state index contributed by atoms with van der Waals surface area (Å²) in [7, 11) is 0. The van der Waals surface area contributed by atoms with Gasteiger partial charge < -0.3 is 5.32 Å². The molecule has 0 aliphatic carbocycles. The highest BCUT2D eigenvalue weighted by Gasteiger charge is 2.00. The molecular weight excluding hydrogens is 322 g/mol. The lowest BCUT2D eigenvalue weighted by molar-refractivity contribution is 1.14. The van der Waals surface area contributed by atoms with Gasteiger partial charge in [0.1, 0.15) is 0 Å². The molecule has 3 rings (SSSR count). The second-order valence-electron chi connectivity index (χ2n) is 4.89. The van der Waals surface area contributed by atoms with E-state index in [-0.39, 0.29) is 0 Å². The zero-order chi connectivity index (χ0) is 14.5. The van der Waals surface area contributed by atoms with Crippen molar-refractivity contribution in [2.24, 2.45) is 0 Å². The second kappa shape index (κ2) is 6.59. The standard InChI is InChI=1S/C19H16BrN/c20-19-9-5-4-8-17(19)14-21-18-12-10-16(11-13-18)15-6-2-1-3-7-15/h1-13,21H,14H2. The molecule has 0 unspecified atom stereocenters. The second-order valence-corrected chi connectivity index (χ2v) is 5.74. The van der Waals surface area contributed by atoms with Crippen LogP contribution in [0, 0.1) is 0 Å². The Morgan fingerprint density at radius 1 is 0.667 bits per heavy atom. The Labute approximate surface area is 133 Å². The molecule has 21 heavy (non-hydrogen) atoms. The lowest BCUT2D eigenvalue weighted by atomic mass is 10.1. The number of benzene rings is 3. The van der Waals surface area contributed by atoms with Crippen molar-refractivity contribution < 1.29 is 0 Å². The molecule has 1 nitrogen and oxygen atoms in total. The van der Waals surface area contributed by atoms with Crippen LogP contribution in [0.3, 0.4) is 0 Å². The van der Waals surface area contributed by atoms with E-state index in [2.05, 4.69) is 88.0 Å². The summed E-state index contributed by atoms with van der Waals surface area (Å²) in [6, 6.07) is 27.2. The third-order valence-electron chi connectivity index (χ3n) is 3.43. The number of hydrogen-bond acceptors (Lipinski definition) is 1. The summed E-state index contributed by atoms with van der Waals surface area (Å²) in [6.07, 6.45) is 0. The average molecular weight is 338 g/mol. The number of halogens is 1. The van der Waals surface area contributed by atoms with Crippen LogP contribution in [0.2, 0.25) is 0 Å². The van der Waals surface area contributed by atoms with E-state index in [1.165, 1.54) is 16.7 Å². The van der Waals surface area contributed by atoms with Gasteiger partial charge in [-0.15, -0.1) is 0 Å². The van der Waals surface area contributed by atoms with Crippen LogP contribution in [0.4, 0.5) is 5.69 Å². The quantitative estimate of drug-likeness (QED) is 0.641. The van der Waals surface area contributed by atoms with Crippen molar-refractivity contribution in [2.75, 3.05) is 5.32 Å². The van der Waals surface area contributed by atoms with Gasteiger partial charge in [-0.1, -0.05) is 76.6 Å². The molecule has 0 saturated heterocycles. The minimum atomic E-state index is 0.812. The fraction of sp³-hybridized carbons (Fsp3) is 0.0526. The molecule has 0 aliphatic heterocycles. The molecule has 0 amide bonds. The van der Waals surface area contributed by atoms with Gasteiger partial charge >= 0.3 is 0 Å². The van der Waals surface area contributed by atoms with E-state index < -0.39 is 0 Å². The third-order valence-corrected chi connectivity index (χ3v) is 4.21. The Morgan fingerprint density at radius 3 is 2.00 bits per heavy atom. The number of hydrogen-bond donors (Lipinski definition) is 1. The summed E-state index contributed by atoms with van der Waals surface area (Å²) in [5.41, 5.74) is 4.87. The maximum Gasteiger partial charge on any atom is 0.0411 e. The van der Waals surface area contributed by atoms with E-state index in [0.29, 0.717) is 0 Å². The minimum absolute atomic E-state index is 0.812. The van der Waals surface area contributed by atoms with Crippen LogP contribution in [-0.4, -0.2) is 0 Å². The molecule has 3 aromatic rings. The van der Waals surface area contributed by atoms with Crippen LogP contribution in [0.5, 0.6) is 0 Å². The van der Waals surface area contributed by atoms with E-state index in [9.17, 15) is 0 Å². The Balaban J connectivity index is 1.69. The van der Waals surface area contributed by atoms with Crippen LogP contribution in [0.15, 0.2) is 83.3 Å². The first-order valence-electron chi connectivity index (χ1n) is 6.96. The Kier molecular flexibility index (Phi) is 4.37. The maximum absolute atomic E-state index is 3.57. The van der Waals surface area contributed by atoms with Crippen molar-refractivity contribution in [2.45, 2.75) is 6.54 Å². The molecule has 2 heteroatoms. The lowest BCUT2D eigenvalue weighted by Gasteiger charge is -2.09. The normalized spacial score (nSPS) is 10.3. The lowest BCUT2D eigenvalue weighted by Crippen LogP contribution is -1.99. The van der Waals surface area contributed by atoms with Gasteiger partial charge in [-0.2, -0.15) is 0 Å². The summed E-state index contributed by atoms with van der Waals surface area (Å²) < 4.78 is 1.14. The molecule has 0 saturated carbocycles. The van der Waals surface area contributed by atoms with Gasteiger partial charge in [0.25, 0.3) is 0 Å². The van der Waals surface area contributed by atoms with E-state index >= 15 is 0 Å². The number of rotatable bonds is 4. The van der Waals surface area contributed by atoms with Gasteiger partial charge in [-0.25, -0.2) is 0 Å². The average Bonchev–Trinajstić information content (AvgIpc) is 2.55. The zero-order valence-corrected chi connectivity index (χ0v) is 13.2. The summed E-state index contributed by atoms with van der Waals surface area (Å²) >= 11 is 3.57. The third kappa shape index (κ3) is 3.53. The van der Waals surface area contributed by atoms with Gasteiger partial charge in [0.2, 0.25) is 0 Å². The van der Waals surface area contributed by atoms with E-state index in [4.69, 9.17) is 0 Å². The SMILES string of the molecule is Brc1ccccc1CNc1ccc(-c2ccccc2)cc1. The maximum atomic E-state index is 3.57. The van der Waals surface area contributed by atoms with Crippen molar-refractivity contribution in [1.82, 2.24) is 0 Å². The van der Waals surface area contributed by atoms with Crippen LogP contribution in [0.1, 0.15) is 5.56 Å². The van der Waals surface area contributed by atoms with Crippen LogP contribution in [0.25, 0.3) is 11.1 Å². The summed E-state index contributed by atoms with van der Waals surface area (Å²) in [4.78, 5) is 0. The van der Waals surface area contributed by atoms with E-state index in [0.717, 1.165) is 16.7 Å². The first-order chi connectivity index (χ1) is 10.3. The topological polar surface area (TPSA) is 12.0 Å². The minimum Gasteiger partial charge on any atom is -0.381 e. The summed E-state index contributed by atoms with van der Waals surface area (Å²) in [5.74, 6) is 0. The molecule has 0 bridgehead atoms. The van der Waals surface area contributed by atoms with Crippen molar-refractivity contribution in [3.63, 3.8) is 0 Å². The fourth-order valence-electron chi connectivity index (χ4n) is 2.25. The first kappa shape index (κ1) is 13.9. The van der Waals surface area contributed by atoms with Crippen molar-refractivity contribution >= 4 is 21.6 Å². The van der Waals surface area contributed by atoms with Crippen LogP contribution >= 0.6 is 15.9 Å². The monoisotopic (exact) mass is 337 g/mol. The molecule has 0 heterocycles. The van der Waals surface area contributed by atoms with Crippen molar-refractivity contribution in [3.8, 4) is 11.1 Å². The molecule has 0 aromatic heterocycles. The van der Waals surface area contributed by atoms with Gasteiger partial charge in [-0.3, -0.25) is 0 Å². The predicted octanol–water partition coefficient (Wildman–Crippen LogP) is 5.73. The first-order valence-corrected chi connectivity index (χ1v) is 7.75. The Hall–Kier alpha value is -2.06. The Morgan fingerprint density at radius 2 is 1.29 bits per heavy atom. The van der Waals surface area contributed by atoms with Gasteiger partial charge in [0, 0.05) is 16.7 Å². The highest BCUT2D eigenvalue weighted by molar-refractivity contribution is 9.10. The summed E-state index contributed by atoms with van der Waals surface area (Å²) in [5, 5.41) is 3.45. The van der Waals surface area contributed by atoms with Gasteiger partial charge in [-0.05, 0) is 34.9 Å². The molecule has 0 aliphatic rings. The number of nitrogens with one attached hydrogen (secondary N) is 1. The van der Waals surface area contributed by atoms with Crippen LogP contribution < -0.4 is 5.32 Å². The molecule has 0 fully saturated rings. The van der Waals surface area contributed by atoms with Crippen molar-refractivity contribution in [3.05, 3.63) is 88.9 Å². The fourth-order valence-corrected chi connectivity index (χ4v) is 2.68. The van der Waals surface area contributed by atoms with Gasteiger partial charge in [0.15, 0.2) is 0 Å². The van der Waals surface area contributed by atoms with E-state index in [1.54, 1.807) is 0 Å². The molecular formula is C19H16BrN. The molecule has 104 valence electrons. The highest BCUT2D eigenvalue weighted by atomic mass is 79.9. The summed E-state index contributed by atoms with van der Waals surface area (Å²) in [6.45, 7) is 0.812. The van der Waals surface area contributed by atoms with Crippen molar-refractivity contribution in [1.29, 1.82) is 0 Å². The molecule has 0 spiro atoms.